The highest BCUT2D eigenvalue weighted by molar-refractivity contribution is 6.15. The summed E-state index contributed by atoms with van der Waals surface area (Å²) in [4.78, 5) is 23.5. The van der Waals surface area contributed by atoms with E-state index in [-0.39, 0.29) is 5.82 Å². The molecule has 0 aliphatic carbocycles. The SMILES string of the molecule is O=Cc1ncc2c(ccc3c2ccc2cccnc23)n1. The van der Waals surface area contributed by atoms with Gasteiger partial charge in [-0.3, -0.25) is 9.78 Å². The lowest BCUT2D eigenvalue weighted by molar-refractivity contribution is 0.111. The third-order valence-electron chi connectivity index (χ3n) is 3.45. The van der Waals surface area contributed by atoms with Crippen molar-refractivity contribution in [3.05, 3.63) is 54.6 Å². The van der Waals surface area contributed by atoms with Gasteiger partial charge in [0.1, 0.15) is 0 Å². The van der Waals surface area contributed by atoms with Crippen LogP contribution in [0.15, 0.2) is 48.8 Å². The number of pyridine rings is 1. The monoisotopic (exact) mass is 259 g/mol. The van der Waals surface area contributed by atoms with Gasteiger partial charge >= 0.3 is 0 Å². The fourth-order valence-electron chi connectivity index (χ4n) is 2.53. The Labute approximate surface area is 114 Å². The van der Waals surface area contributed by atoms with Gasteiger partial charge in [-0.05, 0) is 23.6 Å². The lowest BCUT2D eigenvalue weighted by Gasteiger charge is -2.06. The van der Waals surface area contributed by atoms with Gasteiger partial charge in [-0.15, -0.1) is 0 Å². The maximum atomic E-state index is 10.8. The van der Waals surface area contributed by atoms with Gasteiger partial charge in [0.2, 0.25) is 0 Å². The first kappa shape index (κ1) is 11.0. The number of hydrogen-bond donors (Lipinski definition) is 0. The zero-order valence-electron chi connectivity index (χ0n) is 10.4. The third-order valence-corrected chi connectivity index (χ3v) is 3.45. The molecule has 0 aliphatic rings. The van der Waals surface area contributed by atoms with Gasteiger partial charge in [-0.1, -0.05) is 18.2 Å². The maximum absolute atomic E-state index is 10.8. The van der Waals surface area contributed by atoms with Crippen LogP contribution >= 0.6 is 0 Å². The normalized spacial score (nSPS) is 11.2. The van der Waals surface area contributed by atoms with Crippen molar-refractivity contribution in [1.82, 2.24) is 15.0 Å². The van der Waals surface area contributed by atoms with E-state index in [0.29, 0.717) is 6.29 Å². The topological polar surface area (TPSA) is 55.7 Å². The summed E-state index contributed by atoms with van der Waals surface area (Å²) in [6.45, 7) is 0. The molecule has 4 heteroatoms. The third kappa shape index (κ3) is 1.48. The summed E-state index contributed by atoms with van der Waals surface area (Å²) in [5.74, 6) is 0.204. The first-order valence-electron chi connectivity index (χ1n) is 6.25. The maximum Gasteiger partial charge on any atom is 0.193 e. The minimum atomic E-state index is 0.204. The highest BCUT2D eigenvalue weighted by atomic mass is 16.1. The summed E-state index contributed by atoms with van der Waals surface area (Å²) < 4.78 is 0. The molecule has 0 bridgehead atoms. The van der Waals surface area contributed by atoms with Crippen molar-refractivity contribution in [3.63, 3.8) is 0 Å². The molecule has 4 rings (SSSR count). The molecule has 2 heterocycles. The molecular weight excluding hydrogens is 250 g/mol. The van der Waals surface area contributed by atoms with E-state index in [1.165, 1.54) is 0 Å². The second-order valence-electron chi connectivity index (χ2n) is 4.58. The Kier molecular flexibility index (Phi) is 2.23. The van der Waals surface area contributed by atoms with Gasteiger partial charge in [0.25, 0.3) is 0 Å². The zero-order chi connectivity index (χ0) is 13.5. The molecule has 0 aliphatic heterocycles. The molecule has 0 spiro atoms. The van der Waals surface area contributed by atoms with Crippen LogP contribution < -0.4 is 0 Å². The quantitative estimate of drug-likeness (QED) is 0.389. The molecule has 2 aromatic carbocycles. The van der Waals surface area contributed by atoms with E-state index >= 15 is 0 Å². The Morgan fingerprint density at radius 2 is 1.80 bits per heavy atom. The van der Waals surface area contributed by atoms with E-state index in [0.717, 1.165) is 32.6 Å². The predicted octanol–water partition coefficient (Wildman–Crippen LogP) is 3.14. The molecule has 0 fully saturated rings. The van der Waals surface area contributed by atoms with Crippen LogP contribution in [0.25, 0.3) is 32.6 Å². The number of fused-ring (bicyclic) bond motifs is 5. The lowest BCUT2D eigenvalue weighted by atomic mass is 10.0. The number of aldehydes is 1. The van der Waals surface area contributed by atoms with E-state index < -0.39 is 0 Å². The molecule has 0 atom stereocenters. The smallest absolute Gasteiger partial charge is 0.193 e. The van der Waals surface area contributed by atoms with E-state index in [1.807, 2.05) is 36.4 Å². The molecule has 4 nitrogen and oxygen atoms in total. The minimum absolute atomic E-state index is 0.204. The standard InChI is InChI=1S/C16H9N3O/c20-9-15-18-8-13-11-4-3-10-2-1-7-17-16(10)12(11)5-6-14(13)19-15/h1-9H. The van der Waals surface area contributed by atoms with Crippen LogP contribution in [0.5, 0.6) is 0 Å². The molecule has 94 valence electrons. The minimum Gasteiger partial charge on any atom is -0.294 e. The summed E-state index contributed by atoms with van der Waals surface area (Å²) in [5, 5.41) is 4.15. The molecule has 0 saturated carbocycles. The van der Waals surface area contributed by atoms with Crippen LogP contribution in [-0.2, 0) is 0 Å². The average Bonchev–Trinajstić information content (AvgIpc) is 2.53. The Morgan fingerprint density at radius 3 is 2.70 bits per heavy atom. The van der Waals surface area contributed by atoms with E-state index in [2.05, 4.69) is 15.0 Å². The highest BCUT2D eigenvalue weighted by Crippen LogP contribution is 2.28. The summed E-state index contributed by atoms with van der Waals surface area (Å²) >= 11 is 0. The lowest BCUT2D eigenvalue weighted by Crippen LogP contribution is -1.93. The van der Waals surface area contributed by atoms with Gasteiger partial charge in [-0.25, -0.2) is 9.97 Å². The van der Waals surface area contributed by atoms with Crippen LogP contribution in [-0.4, -0.2) is 21.2 Å². The molecule has 4 aromatic rings. The summed E-state index contributed by atoms with van der Waals surface area (Å²) in [5.41, 5.74) is 1.73. The largest absolute Gasteiger partial charge is 0.294 e. The van der Waals surface area contributed by atoms with Crippen LogP contribution in [0.4, 0.5) is 0 Å². The summed E-state index contributed by atoms with van der Waals surface area (Å²) in [6.07, 6.45) is 4.15. The molecule has 0 unspecified atom stereocenters. The fourth-order valence-corrected chi connectivity index (χ4v) is 2.53. The highest BCUT2D eigenvalue weighted by Gasteiger charge is 2.07. The van der Waals surface area contributed by atoms with Crippen molar-refractivity contribution in [2.75, 3.05) is 0 Å². The van der Waals surface area contributed by atoms with Gasteiger partial charge in [0.05, 0.1) is 11.0 Å². The molecule has 20 heavy (non-hydrogen) atoms. The number of aromatic nitrogens is 3. The molecule has 0 amide bonds. The van der Waals surface area contributed by atoms with Crippen LogP contribution in [0.1, 0.15) is 10.6 Å². The molecule has 2 aromatic heterocycles. The number of carbonyl (C=O) groups excluding carboxylic acids is 1. The van der Waals surface area contributed by atoms with Gasteiger partial charge < -0.3 is 0 Å². The summed E-state index contributed by atoms with van der Waals surface area (Å²) in [6, 6.07) is 11.9. The number of hydrogen-bond acceptors (Lipinski definition) is 4. The molecule has 0 radical (unpaired) electrons. The Bertz CT molecular complexity index is 979. The Hall–Kier alpha value is -2.88. The van der Waals surface area contributed by atoms with Crippen LogP contribution in [0, 0.1) is 0 Å². The number of nitrogens with zero attached hydrogens (tertiary/aromatic N) is 3. The van der Waals surface area contributed by atoms with Crippen molar-refractivity contribution in [3.8, 4) is 0 Å². The van der Waals surface area contributed by atoms with E-state index in [4.69, 9.17) is 0 Å². The Morgan fingerprint density at radius 1 is 0.900 bits per heavy atom. The second-order valence-corrected chi connectivity index (χ2v) is 4.58. The predicted molar refractivity (Wildman–Crippen MR) is 77.7 cm³/mol. The number of rotatable bonds is 1. The zero-order valence-corrected chi connectivity index (χ0v) is 10.4. The molecular formula is C16H9N3O. The average molecular weight is 259 g/mol. The van der Waals surface area contributed by atoms with E-state index in [9.17, 15) is 4.79 Å². The van der Waals surface area contributed by atoms with E-state index in [1.54, 1.807) is 12.4 Å². The molecule has 0 saturated heterocycles. The fraction of sp³-hybridized carbons (Fsp3) is 0. The van der Waals surface area contributed by atoms with Crippen LogP contribution in [0.2, 0.25) is 0 Å². The molecule has 0 N–H and O–H groups in total. The Balaban J connectivity index is 2.20. The number of carbonyl (C=O) groups is 1. The van der Waals surface area contributed by atoms with Crippen molar-refractivity contribution in [2.24, 2.45) is 0 Å². The van der Waals surface area contributed by atoms with Gasteiger partial charge in [0.15, 0.2) is 12.1 Å². The van der Waals surface area contributed by atoms with Crippen molar-refractivity contribution in [2.45, 2.75) is 0 Å². The van der Waals surface area contributed by atoms with Crippen LogP contribution in [0.3, 0.4) is 0 Å². The van der Waals surface area contributed by atoms with Gasteiger partial charge in [-0.2, -0.15) is 0 Å². The van der Waals surface area contributed by atoms with Gasteiger partial charge in [0, 0.05) is 28.6 Å². The number of benzene rings is 2. The van der Waals surface area contributed by atoms with Crippen molar-refractivity contribution < 1.29 is 4.79 Å². The summed E-state index contributed by atoms with van der Waals surface area (Å²) in [7, 11) is 0. The van der Waals surface area contributed by atoms with Crippen molar-refractivity contribution in [1.29, 1.82) is 0 Å². The van der Waals surface area contributed by atoms with Crippen molar-refractivity contribution >= 4 is 38.9 Å². The first-order chi connectivity index (χ1) is 9.86. The first-order valence-corrected chi connectivity index (χ1v) is 6.25. The second kappa shape index (κ2) is 4.06.